The molecule has 0 spiro atoms. The van der Waals surface area contributed by atoms with Crippen LogP contribution in [0.4, 0.5) is 10.5 Å². The fraction of sp³-hybridized carbons (Fsp3) is 0.348. The molecule has 2 heterocycles. The van der Waals surface area contributed by atoms with Crippen LogP contribution in [0.3, 0.4) is 0 Å². The van der Waals surface area contributed by atoms with E-state index < -0.39 is 6.09 Å². The molecule has 0 radical (unpaired) electrons. The number of likely N-dealkylation sites (tertiary alicyclic amines) is 1. The zero-order chi connectivity index (χ0) is 22.5. The molecular formula is C23H26N4O5. The van der Waals surface area contributed by atoms with E-state index in [1.54, 1.807) is 50.6 Å². The topological polar surface area (TPSA) is 95.0 Å². The predicted octanol–water partition coefficient (Wildman–Crippen LogP) is 4.08. The number of methoxy groups -OCH3 is 2. The largest absolute Gasteiger partial charge is 0.493 e. The highest BCUT2D eigenvalue weighted by molar-refractivity contribution is 5.87. The number of piperidine rings is 1. The van der Waals surface area contributed by atoms with Crippen molar-refractivity contribution in [1.82, 2.24) is 14.9 Å². The molecule has 0 atom stereocenters. The summed E-state index contributed by atoms with van der Waals surface area (Å²) < 4.78 is 22.2. The summed E-state index contributed by atoms with van der Waals surface area (Å²) in [6, 6.07) is 10.5. The van der Waals surface area contributed by atoms with Gasteiger partial charge in [0.2, 0.25) is 5.88 Å². The van der Waals surface area contributed by atoms with E-state index in [1.807, 2.05) is 0 Å². The lowest BCUT2D eigenvalue weighted by atomic mass is 10.1. The van der Waals surface area contributed by atoms with Crippen molar-refractivity contribution in [3.63, 3.8) is 0 Å². The van der Waals surface area contributed by atoms with Crippen molar-refractivity contribution in [2.45, 2.75) is 18.9 Å². The number of rotatable bonds is 6. The SMILES string of the molecule is COc1cc2ncnc(Oc3ccc(NC(=O)OC4CCN(C)CC4)cc3)c2cc1OC. The smallest absolute Gasteiger partial charge is 0.411 e. The molecule has 1 aromatic heterocycles. The first-order valence-corrected chi connectivity index (χ1v) is 10.4. The molecule has 1 amide bonds. The number of amides is 1. The molecule has 0 aliphatic carbocycles. The molecule has 9 nitrogen and oxygen atoms in total. The van der Waals surface area contributed by atoms with Crippen LogP contribution in [0.15, 0.2) is 42.7 Å². The van der Waals surface area contributed by atoms with Crippen molar-refractivity contribution >= 4 is 22.7 Å². The minimum Gasteiger partial charge on any atom is -0.493 e. The van der Waals surface area contributed by atoms with Crippen molar-refractivity contribution in [1.29, 1.82) is 0 Å². The van der Waals surface area contributed by atoms with Gasteiger partial charge in [0.05, 0.1) is 25.1 Å². The zero-order valence-corrected chi connectivity index (χ0v) is 18.3. The van der Waals surface area contributed by atoms with E-state index in [9.17, 15) is 4.79 Å². The Kier molecular flexibility index (Phi) is 6.55. The van der Waals surface area contributed by atoms with Crippen LogP contribution in [0.1, 0.15) is 12.8 Å². The number of anilines is 1. The summed E-state index contributed by atoms with van der Waals surface area (Å²) in [5.41, 5.74) is 1.29. The fourth-order valence-electron chi connectivity index (χ4n) is 3.56. The maximum absolute atomic E-state index is 12.2. The van der Waals surface area contributed by atoms with Crippen LogP contribution in [-0.2, 0) is 4.74 Å². The Morgan fingerprint density at radius 3 is 2.41 bits per heavy atom. The van der Waals surface area contributed by atoms with Gasteiger partial charge in [0, 0.05) is 24.8 Å². The molecule has 1 saturated heterocycles. The Hall–Kier alpha value is -3.59. The van der Waals surface area contributed by atoms with Crippen molar-refractivity contribution in [3.05, 3.63) is 42.7 Å². The number of nitrogens with one attached hydrogen (secondary N) is 1. The molecule has 32 heavy (non-hydrogen) atoms. The van der Waals surface area contributed by atoms with Gasteiger partial charge in [0.25, 0.3) is 0 Å². The lowest BCUT2D eigenvalue weighted by Crippen LogP contribution is -2.36. The maximum Gasteiger partial charge on any atom is 0.411 e. The van der Waals surface area contributed by atoms with E-state index in [2.05, 4.69) is 27.2 Å². The van der Waals surface area contributed by atoms with Gasteiger partial charge in [-0.3, -0.25) is 5.32 Å². The Balaban J connectivity index is 1.42. The van der Waals surface area contributed by atoms with E-state index in [0.29, 0.717) is 39.7 Å². The third-order valence-electron chi connectivity index (χ3n) is 5.36. The van der Waals surface area contributed by atoms with E-state index in [1.165, 1.54) is 6.33 Å². The van der Waals surface area contributed by atoms with Crippen molar-refractivity contribution in [3.8, 4) is 23.1 Å². The quantitative estimate of drug-likeness (QED) is 0.615. The number of carbonyl (C=O) groups excluding carboxylic acids is 1. The van der Waals surface area contributed by atoms with Crippen molar-refractivity contribution in [2.75, 3.05) is 39.7 Å². The lowest BCUT2D eigenvalue weighted by molar-refractivity contribution is 0.0662. The molecule has 9 heteroatoms. The van der Waals surface area contributed by atoms with Gasteiger partial charge in [-0.25, -0.2) is 14.8 Å². The molecular weight excluding hydrogens is 412 g/mol. The Morgan fingerprint density at radius 1 is 1.03 bits per heavy atom. The van der Waals surface area contributed by atoms with Gasteiger partial charge in [-0.1, -0.05) is 0 Å². The van der Waals surface area contributed by atoms with Crippen LogP contribution in [0, 0.1) is 0 Å². The molecule has 0 unspecified atom stereocenters. The summed E-state index contributed by atoms with van der Waals surface area (Å²) in [7, 11) is 5.20. The lowest BCUT2D eigenvalue weighted by Gasteiger charge is -2.28. The average molecular weight is 438 g/mol. The van der Waals surface area contributed by atoms with Gasteiger partial charge >= 0.3 is 6.09 Å². The zero-order valence-electron chi connectivity index (χ0n) is 18.3. The second-order valence-corrected chi connectivity index (χ2v) is 7.56. The van der Waals surface area contributed by atoms with Crippen LogP contribution >= 0.6 is 0 Å². The Labute approximate surface area is 186 Å². The van der Waals surface area contributed by atoms with Gasteiger partial charge < -0.3 is 23.8 Å². The Bertz CT molecular complexity index is 1080. The van der Waals surface area contributed by atoms with Crippen LogP contribution in [-0.4, -0.2) is 61.4 Å². The van der Waals surface area contributed by atoms with Gasteiger partial charge in [-0.05, 0) is 50.2 Å². The summed E-state index contributed by atoms with van der Waals surface area (Å²) in [5.74, 6) is 2.09. The van der Waals surface area contributed by atoms with E-state index in [0.717, 1.165) is 25.9 Å². The summed E-state index contributed by atoms with van der Waals surface area (Å²) in [6.07, 6.45) is 2.63. The minimum absolute atomic E-state index is 0.0459. The predicted molar refractivity (Wildman–Crippen MR) is 120 cm³/mol. The highest BCUT2D eigenvalue weighted by Gasteiger charge is 2.20. The average Bonchev–Trinajstić information content (AvgIpc) is 2.81. The second-order valence-electron chi connectivity index (χ2n) is 7.56. The van der Waals surface area contributed by atoms with Gasteiger partial charge in [0.15, 0.2) is 11.5 Å². The molecule has 3 aromatic rings. The summed E-state index contributed by atoms with van der Waals surface area (Å²) >= 11 is 0. The first-order chi connectivity index (χ1) is 15.6. The number of aromatic nitrogens is 2. The van der Waals surface area contributed by atoms with E-state index >= 15 is 0 Å². The third kappa shape index (κ3) is 5.00. The van der Waals surface area contributed by atoms with Gasteiger partial charge in [-0.15, -0.1) is 0 Å². The molecule has 2 aromatic carbocycles. The molecule has 1 aliphatic heterocycles. The first kappa shape index (κ1) is 21.6. The minimum atomic E-state index is -0.448. The monoisotopic (exact) mass is 438 g/mol. The van der Waals surface area contributed by atoms with Crippen molar-refractivity contribution in [2.24, 2.45) is 0 Å². The second kappa shape index (κ2) is 9.69. The first-order valence-electron chi connectivity index (χ1n) is 10.4. The molecule has 1 fully saturated rings. The molecule has 168 valence electrons. The van der Waals surface area contributed by atoms with Crippen LogP contribution in [0.2, 0.25) is 0 Å². The molecule has 1 aliphatic rings. The number of hydrogen-bond acceptors (Lipinski definition) is 8. The van der Waals surface area contributed by atoms with Crippen LogP contribution in [0.5, 0.6) is 23.1 Å². The van der Waals surface area contributed by atoms with E-state index in [-0.39, 0.29) is 6.10 Å². The Morgan fingerprint density at radius 2 is 1.72 bits per heavy atom. The summed E-state index contributed by atoms with van der Waals surface area (Å²) in [6.45, 7) is 1.86. The standard InChI is InChI=1S/C23H26N4O5/c1-27-10-8-17(9-11-27)32-23(28)26-15-4-6-16(7-5-15)31-22-18-12-20(29-2)21(30-3)13-19(18)24-14-25-22/h4-7,12-14,17H,8-11H2,1-3H3,(H,26,28). The molecule has 4 rings (SSSR count). The van der Waals surface area contributed by atoms with Crippen LogP contribution < -0.4 is 19.5 Å². The fourth-order valence-corrected chi connectivity index (χ4v) is 3.56. The molecule has 0 bridgehead atoms. The van der Waals surface area contributed by atoms with Gasteiger partial charge in [0.1, 0.15) is 18.2 Å². The number of benzene rings is 2. The normalized spacial score (nSPS) is 14.7. The van der Waals surface area contributed by atoms with E-state index in [4.69, 9.17) is 18.9 Å². The highest BCUT2D eigenvalue weighted by Crippen LogP contribution is 2.35. The van der Waals surface area contributed by atoms with Crippen LogP contribution in [0.25, 0.3) is 10.9 Å². The number of carbonyl (C=O) groups is 1. The van der Waals surface area contributed by atoms with Crippen molar-refractivity contribution < 1.29 is 23.7 Å². The molecule has 0 saturated carbocycles. The number of nitrogens with zero attached hydrogens (tertiary/aromatic N) is 3. The number of ether oxygens (including phenoxy) is 4. The van der Waals surface area contributed by atoms with Gasteiger partial charge in [-0.2, -0.15) is 0 Å². The summed E-state index contributed by atoms with van der Waals surface area (Å²) in [4.78, 5) is 22.9. The number of hydrogen-bond donors (Lipinski definition) is 1. The number of fused-ring (bicyclic) bond motifs is 1. The highest BCUT2D eigenvalue weighted by atomic mass is 16.6. The summed E-state index contributed by atoms with van der Waals surface area (Å²) in [5, 5.41) is 3.45. The third-order valence-corrected chi connectivity index (χ3v) is 5.36. The molecule has 1 N–H and O–H groups in total. The maximum atomic E-state index is 12.2.